The van der Waals surface area contributed by atoms with E-state index in [2.05, 4.69) is 10.4 Å². The monoisotopic (exact) mass is 311 g/mol. The Morgan fingerprint density at radius 3 is 2.87 bits per heavy atom. The van der Waals surface area contributed by atoms with Gasteiger partial charge in [0.2, 0.25) is 5.91 Å². The zero-order valence-corrected chi connectivity index (χ0v) is 13.3. The van der Waals surface area contributed by atoms with Gasteiger partial charge in [-0.2, -0.15) is 5.10 Å². The van der Waals surface area contributed by atoms with Gasteiger partial charge >= 0.3 is 0 Å². The summed E-state index contributed by atoms with van der Waals surface area (Å²) in [6.07, 6.45) is 7.68. The van der Waals surface area contributed by atoms with Crippen LogP contribution in [0.15, 0.2) is 30.5 Å². The number of Topliss-reactive ketones (excluding diaryl/α,β-unsaturated/α-hetero) is 1. The average Bonchev–Trinajstić information content (AvgIpc) is 2.75. The minimum absolute atomic E-state index is 0.0167. The number of ketones is 1. The summed E-state index contributed by atoms with van der Waals surface area (Å²) in [4.78, 5) is 23.6. The molecule has 0 saturated carbocycles. The fraction of sp³-hybridized carbons (Fsp3) is 0.389. The number of aromatic nitrogens is 2. The summed E-state index contributed by atoms with van der Waals surface area (Å²) in [5.74, 6) is -0.153. The summed E-state index contributed by atoms with van der Waals surface area (Å²) in [5.41, 5.74) is 3.63. The predicted octanol–water partition coefficient (Wildman–Crippen LogP) is 2.99. The molecule has 2 aromatic rings. The van der Waals surface area contributed by atoms with Gasteiger partial charge in [0.15, 0.2) is 5.78 Å². The maximum Gasteiger partial charge on any atom is 0.246 e. The van der Waals surface area contributed by atoms with Crippen molar-refractivity contribution in [3.63, 3.8) is 0 Å². The Hall–Kier alpha value is -2.43. The molecular weight excluding hydrogens is 290 g/mol. The first-order valence-electron chi connectivity index (χ1n) is 8.08. The van der Waals surface area contributed by atoms with E-state index >= 15 is 0 Å². The molecule has 1 heterocycles. The highest BCUT2D eigenvalue weighted by atomic mass is 16.2. The lowest BCUT2D eigenvalue weighted by Crippen LogP contribution is -2.19. The molecule has 1 aromatic heterocycles. The Morgan fingerprint density at radius 1 is 1.22 bits per heavy atom. The smallest absolute Gasteiger partial charge is 0.246 e. The van der Waals surface area contributed by atoms with Gasteiger partial charge in [-0.05, 0) is 50.3 Å². The van der Waals surface area contributed by atoms with Crippen LogP contribution >= 0.6 is 0 Å². The van der Waals surface area contributed by atoms with Crippen LogP contribution in [0.4, 0.5) is 5.69 Å². The lowest BCUT2D eigenvalue weighted by Gasteiger charge is -2.06. The first kappa shape index (κ1) is 15.5. The van der Waals surface area contributed by atoms with E-state index in [4.69, 9.17) is 0 Å². The van der Waals surface area contributed by atoms with Gasteiger partial charge in [-0.1, -0.05) is 18.6 Å². The first-order valence-corrected chi connectivity index (χ1v) is 8.08. The molecule has 0 radical (unpaired) electrons. The number of nitrogens with one attached hydrogen (secondary N) is 1. The Balaban J connectivity index is 1.65. The topological polar surface area (TPSA) is 64.0 Å². The first-order chi connectivity index (χ1) is 11.1. The Labute approximate surface area is 135 Å². The van der Waals surface area contributed by atoms with Crippen LogP contribution in [0.3, 0.4) is 0 Å². The molecule has 0 saturated heterocycles. The zero-order valence-electron chi connectivity index (χ0n) is 13.3. The number of amides is 1. The van der Waals surface area contributed by atoms with Gasteiger partial charge in [0, 0.05) is 17.4 Å². The molecule has 0 spiro atoms. The molecule has 1 amide bonds. The molecule has 1 aliphatic rings. The van der Waals surface area contributed by atoms with Crippen molar-refractivity contribution in [1.82, 2.24) is 9.78 Å². The lowest BCUT2D eigenvalue weighted by atomic mass is 10.1. The maximum atomic E-state index is 12.2. The minimum atomic E-state index is -0.136. The van der Waals surface area contributed by atoms with Crippen molar-refractivity contribution in [2.45, 2.75) is 45.6 Å². The standard InChI is InChI=1S/C18H21N3O2/c1-13(22)14-7-5-8-16(10-14)19-18(23)12-21-11-15-6-3-2-4-9-17(15)20-21/h5,7-8,10-11H,2-4,6,9,12H2,1H3,(H,19,23). The number of anilines is 1. The molecule has 5 nitrogen and oxygen atoms in total. The van der Waals surface area contributed by atoms with Crippen LogP contribution in [-0.4, -0.2) is 21.5 Å². The van der Waals surface area contributed by atoms with Gasteiger partial charge in [0.05, 0.1) is 5.69 Å². The third-order valence-electron chi connectivity index (χ3n) is 4.14. The van der Waals surface area contributed by atoms with Crippen molar-refractivity contribution in [2.24, 2.45) is 0 Å². The molecule has 0 unspecified atom stereocenters. The normalized spacial score (nSPS) is 14.0. The van der Waals surface area contributed by atoms with Gasteiger partial charge in [0.1, 0.15) is 6.54 Å². The van der Waals surface area contributed by atoms with Crippen LogP contribution in [0.1, 0.15) is 47.8 Å². The minimum Gasteiger partial charge on any atom is -0.324 e. The maximum absolute atomic E-state index is 12.2. The van der Waals surface area contributed by atoms with Crippen molar-refractivity contribution in [3.8, 4) is 0 Å². The van der Waals surface area contributed by atoms with Crippen LogP contribution in [0.5, 0.6) is 0 Å². The second-order valence-corrected chi connectivity index (χ2v) is 6.04. The van der Waals surface area contributed by atoms with Gasteiger partial charge in [0.25, 0.3) is 0 Å². The quantitative estimate of drug-likeness (QED) is 0.697. The van der Waals surface area contributed by atoms with Crippen LogP contribution in [0.25, 0.3) is 0 Å². The van der Waals surface area contributed by atoms with Gasteiger partial charge in [-0.15, -0.1) is 0 Å². The molecule has 1 N–H and O–H groups in total. The number of aryl methyl sites for hydroxylation is 2. The molecule has 0 fully saturated rings. The Bertz CT molecular complexity index is 710. The zero-order chi connectivity index (χ0) is 16.2. The largest absolute Gasteiger partial charge is 0.324 e. The van der Waals surface area contributed by atoms with Gasteiger partial charge in [-0.25, -0.2) is 0 Å². The van der Waals surface area contributed by atoms with Crippen molar-refractivity contribution in [3.05, 3.63) is 47.3 Å². The molecule has 120 valence electrons. The highest BCUT2D eigenvalue weighted by Gasteiger charge is 2.14. The highest BCUT2D eigenvalue weighted by molar-refractivity contribution is 5.97. The average molecular weight is 311 g/mol. The lowest BCUT2D eigenvalue weighted by molar-refractivity contribution is -0.116. The van der Waals surface area contributed by atoms with Crippen molar-refractivity contribution in [2.75, 3.05) is 5.32 Å². The van der Waals surface area contributed by atoms with E-state index in [-0.39, 0.29) is 18.2 Å². The SMILES string of the molecule is CC(=O)c1cccc(NC(=O)Cn2cc3c(n2)CCCCC3)c1. The Kier molecular flexibility index (Phi) is 4.55. The number of carbonyl (C=O) groups is 2. The second kappa shape index (κ2) is 6.77. The summed E-state index contributed by atoms with van der Waals surface area (Å²) in [7, 11) is 0. The van der Waals surface area contributed by atoms with E-state index in [0.29, 0.717) is 11.3 Å². The number of hydrogen-bond donors (Lipinski definition) is 1. The van der Waals surface area contributed by atoms with E-state index < -0.39 is 0 Å². The molecule has 0 aliphatic heterocycles. The van der Waals surface area contributed by atoms with Crippen LogP contribution in [-0.2, 0) is 24.2 Å². The molecule has 1 aliphatic carbocycles. The fourth-order valence-corrected chi connectivity index (χ4v) is 2.95. The molecule has 23 heavy (non-hydrogen) atoms. The third-order valence-corrected chi connectivity index (χ3v) is 4.14. The van der Waals surface area contributed by atoms with E-state index in [1.54, 1.807) is 28.9 Å². The molecule has 3 rings (SSSR count). The summed E-state index contributed by atoms with van der Waals surface area (Å²) < 4.78 is 1.72. The van der Waals surface area contributed by atoms with Gasteiger partial charge < -0.3 is 5.32 Å². The number of benzene rings is 1. The summed E-state index contributed by atoms with van der Waals surface area (Å²) in [6, 6.07) is 6.98. The predicted molar refractivity (Wildman–Crippen MR) is 88.6 cm³/mol. The molecule has 0 atom stereocenters. The summed E-state index contributed by atoms with van der Waals surface area (Å²) in [6.45, 7) is 1.70. The molecule has 0 bridgehead atoms. The van der Waals surface area contributed by atoms with Crippen molar-refractivity contribution >= 4 is 17.4 Å². The van der Waals surface area contributed by atoms with Crippen molar-refractivity contribution in [1.29, 1.82) is 0 Å². The van der Waals surface area contributed by atoms with E-state index in [9.17, 15) is 9.59 Å². The molecule has 5 heteroatoms. The van der Waals surface area contributed by atoms with Crippen LogP contribution in [0, 0.1) is 0 Å². The van der Waals surface area contributed by atoms with E-state index in [0.717, 1.165) is 18.5 Å². The van der Waals surface area contributed by atoms with Gasteiger partial charge in [-0.3, -0.25) is 14.3 Å². The number of rotatable bonds is 4. The van der Waals surface area contributed by atoms with Crippen molar-refractivity contribution < 1.29 is 9.59 Å². The number of nitrogens with zero attached hydrogens (tertiary/aromatic N) is 2. The van der Waals surface area contributed by atoms with E-state index in [1.165, 1.54) is 31.7 Å². The number of fused-ring (bicyclic) bond motifs is 1. The summed E-state index contributed by atoms with van der Waals surface area (Å²) >= 11 is 0. The van der Waals surface area contributed by atoms with Crippen LogP contribution in [0.2, 0.25) is 0 Å². The third kappa shape index (κ3) is 3.86. The highest BCUT2D eigenvalue weighted by Crippen LogP contribution is 2.19. The Morgan fingerprint density at radius 2 is 2.04 bits per heavy atom. The second-order valence-electron chi connectivity index (χ2n) is 6.04. The summed E-state index contributed by atoms with van der Waals surface area (Å²) in [5, 5.41) is 7.37. The van der Waals surface area contributed by atoms with Crippen LogP contribution < -0.4 is 5.32 Å². The van der Waals surface area contributed by atoms with E-state index in [1.807, 2.05) is 6.20 Å². The number of hydrogen-bond acceptors (Lipinski definition) is 3. The molecule has 1 aromatic carbocycles. The fourth-order valence-electron chi connectivity index (χ4n) is 2.95. The molecular formula is C18H21N3O2. The number of carbonyl (C=O) groups excluding carboxylic acids is 2.